The van der Waals surface area contributed by atoms with Crippen LogP contribution in [0.4, 0.5) is 10.1 Å². The third kappa shape index (κ3) is 3.34. The third-order valence-corrected chi connectivity index (χ3v) is 2.52. The van der Waals surface area contributed by atoms with Crippen LogP contribution >= 0.6 is 0 Å². The quantitative estimate of drug-likeness (QED) is 0.856. The van der Waals surface area contributed by atoms with E-state index in [1.807, 2.05) is 0 Å². The molecular formula is C12H16FNO3. The molecule has 1 rings (SSSR count). The first-order chi connectivity index (χ1) is 7.95. The molecule has 1 aromatic carbocycles. The first-order valence-electron chi connectivity index (χ1n) is 5.23. The molecule has 1 aromatic rings. The zero-order valence-corrected chi connectivity index (χ0v) is 10.1. The van der Waals surface area contributed by atoms with Gasteiger partial charge in [0, 0.05) is 19.7 Å². The summed E-state index contributed by atoms with van der Waals surface area (Å²) in [7, 11) is 3.20. The summed E-state index contributed by atoms with van der Waals surface area (Å²) < 4.78 is 18.2. The second kappa shape index (κ2) is 5.52. The van der Waals surface area contributed by atoms with Crippen molar-refractivity contribution in [1.82, 2.24) is 0 Å². The molecule has 4 nitrogen and oxygen atoms in total. The molecule has 0 saturated heterocycles. The number of ether oxygens (including phenoxy) is 1. The zero-order valence-electron chi connectivity index (χ0n) is 10.1. The predicted molar refractivity (Wildman–Crippen MR) is 63.0 cm³/mol. The Labute approximate surface area is 99.6 Å². The number of hydrogen-bond acceptors (Lipinski definition) is 3. The van der Waals surface area contributed by atoms with E-state index in [2.05, 4.69) is 0 Å². The summed E-state index contributed by atoms with van der Waals surface area (Å²) in [6, 6.07) is 4.15. The lowest BCUT2D eigenvalue weighted by molar-refractivity contribution is -0.140. The molecule has 17 heavy (non-hydrogen) atoms. The molecule has 0 spiro atoms. The average molecular weight is 241 g/mol. The molecule has 1 atom stereocenters. The molecule has 0 saturated carbocycles. The Hall–Kier alpha value is -1.78. The van der Waals surface area contributed by atoms with E-state index in [-0.39, 0.29) is 12.4 Å². The Morgan fingerprint density at radius 2 is 2.24 bits per heavy atom. The molecule has 0 bridgehead atoms. The highest BCUT2D eigenvalue weighted by Gasteiger charge is 2.16. The number of rotatable bonds is 5. The minimum Gasteiger partial charge on any atom is -0.495 e. The molecule has 0 aromatic heterocycles. The van der Waals surface area contributed by atoms with E-state index in [0.717, 1.165) is 0 Å². The number of carbonyl (C=O) groups is 1. The van der Waals surface area contributed by atoms with E-state index >= 15 is 0 Å². The van der Waals surface area contributed by atoms with Gasteiger partial charge in [-0.15, -0.1) is 0 Å². The van der Waals surface area contributed by atoms with Gasteiger partial charge in [0.2, 0.25) is 0 Å². The summed E-state index contributed by atoms with van der Waals surface area (Å²) in [6.07, 6.45) is 0. The summed E-state index contributed by atoms with van der Waals surface area (Å²) in [4.78, 5) is 12.4. The predicted octanol–water partition coefficient (Wildman–Crippen LogP) is 1.99. The Bertz CT molecular complexity index is 409. The molecule has 1 N–H and O–H groups in total. The van der Waals surface area contributed by atoms with Gasteiger partial charge in [-0.1, -0.05) is 6.92 Å². The van der Waals surface area contributed by atoms with Crippen molar-refractivity contribution in [2.45, 2.75) is 6.92 Å². The van der Waals surface area contributed by atoms with Gasteiger partial charge in [0.25, 0.3) is 0 Å². The normalized spacial score (nSPS) is 12.0. The van der Waals surface area contributed by atoms with Crippen molar-refractivity contribution in [1.29, 1.82) is 0 Å². The molecule has 0 aliphatic heterocycles. The topological polar surface area (TPSA) is 49.8 Å². The molecule has 0 aliphatic carbocycles. The van der Waals surface area contributed by atoms with Crippen molar-refractivity contribution < 1.29 is 19.0 Å². The number of hydrogen-bond donors (Lipinski definition) is 1. The van der Waals surface area contributed by atoms with Crippen molar-refractivity contribution in [3.63, 3.8) is 0 Å². The van der Waals surface area contributed by atoms with Gasteiger partial charge in [0.1, 0.15) is 11.6 Å². The summed E-state index contributed by atoms with van der Waals surface area (Å²) in [5, 5.41) is 8.83. The van der Waals surface area contributed by atoms with Crippen LogP contribution in [0, 0.1) is 11.7 Å². The van der Waals surface area contributed by atoms with Crippen molar-refractivity contribution in [3.05, 3.63) is 24.0 Å². The van der Waals surface area contributed by atoms with Crippen LogP contribution < -0.4 is 9.64 Å². The molecule has 5 heteroatoms. The second-order valence-electron chi connectivity index (χ2n) is 3.94. The fourth-order valence-electron chi connectivity index (χ4n) is 1.55. The third-order valence-electron chi connectivity index (χ3n) is 2.52. The largest absolute Gasteiger partial charge is 0.495 e. The second-order valence-corrected chi connectivity index (χ2v) is 3.94. The highest BCUT2D eigenvalue weighted by atomic mass is 19.1. The number of halogens is 1. The van der Waals surface area contributed by atoms with Gasteiger partial charge in [-0.05, 0) is 12.1 Å². The molecular weight excluding hydrogens is 225 g/mol. The van der Waals surface area contributed by atoms with Gasteiger partial charge in [0.05, 0.1) is 18.7 Å². The zero-order chi connectivity index (χ0) is 13.0. The lowest BCUT2D eigenvalue weighted by Gasteiger charge is -2.23. The van der Waals surface area contributed by atoms with E-state index in [0.29, 0.717) is 11.4 Å². The monoisotopic (exact) mass is 241 g/mol. The minimum atomic E-state index is -0.882. The van der Waals surface area contributed by atoms with Crippen molar-refractivity contribution >= 4 is 11.7 Å². The van der Waals surface area contributed by atoms with Gasteiger partial charge in [0.15, 0.2) is 0 Å². The maximum atomic E-state index is 13.1. The Balaban J connectivity index is 2.90. The number of anilines is 1. The number of nitrogens with zero attached hydrogens (tertiary/aromatic N) is 1. The number of carboxylic acids is 1. The van der Waals surface area contributed by atoms with E-state index < -0.39 is 11.9 Å². The molecule has 0 aliphatic rings. The van der Waals surface area contributed by atoms with Gasteiger partial charge in [-0.3, -0.25) is 4.79 Å². The smallest absolute Gasteiger partial charge is 0.308 e. The summed E-state index contributed by atoms with van der Waals surface area (Å²) >= 11 is 0. The maximum Gasteiger partial charge on any atom is 0.308 e. The fraction of sp³-hybridized carbons (Fsp3) is 0.417. The van der Waals surface area contributed by atoms with Crippen LogP contribution in [-0.4, -0.2) is 31.8 Å². The van der Waals surface area contributed by atoms with Crippen LogP contribution in [0.25, 0.3) is 0 Å². The summed E-state index contributed by atoms with van der Waals surface area (Å²) in [6.45, 7) is 1.89. The Morgan fingerprint density at radius 1 is 1.59 bits per heavy atom. The summed E-state index contributed by atoms with van der Waals surface area (Å²) in [5.74, 6) is -1.28. The molecule has 94 valence electrons. The first kappa shape index (κ1) is 13.3. The molecule has 0 radical (unpaired) electrons. The van der Waals surface area contributed by atoms with E-state index in [1.165, 1.54) is 25.3 Å². The van der Waals surface area contributed by atoms with Crippen LogP contribution in [0.3, 0.4) is 0 Å². The van der Waals surface area contributed by atoms with Crippen molar-refractivity contribution in [2.24, 2.45) is 5.92 Å². The highest BCUT2D eigenvalue weighted by Crippen LogP contribution is 2.28. The Kier molecular flexibility index (Phi) is 4.31. The van der Waals surface area contributed by atoms with E-state index in [4.69, 9.17) is 9.84 Å². The maximum absolute atomic E-state index is 13.1. The Morgan fingerprint density at radius 3 is 2.76 bits per heavy atom. The van der Waals surface area contributed by atoms with E-state index in [9.17, 15) is 9.18 Å². The van der Waals surface area contributed by atoms with Crippen LogP contribution in [0.5, 0.6) is 5.75 Å². The van der Waals surface area contributed by atoms with Gasteiger partial charge < -0.3 is 14.7 Å². The van der Waals surface area contributed by atoms with Crippen LogP contribution in [-0.2, 0) is 4.79 Å². The van der Waals surface area contributed by atoms with Gasteiger partial charge in [-0.25, -0.2) is 4.39 Å². The standard InChI is InChI=1S/C12H16FNO3/c1-8(12(15)16)7-14(2)10-6-9(13)4-5-11(10)17-3/h4-6,8H,7H2,1-3H3,(H,15,16). The van der Waals surface area contributed by atoms with Gasteiger partial charge in [-0.2, -0.15) is 0 Å². The van der Waals surface area contributed by atoms with Crippen LogP contribution in [0.1, 0.15) is 6.92 Å². The number of carboxylic acid groups (broad SMARTS) is 1. The number of methoxy groups -OCH3 is 1. The van der Waals surface area contributed by atoms with Crippen LogP contribution in [0.2, 0.25) is 0 Å². The van der Waals surface area contributed by atoms with Crippen molar-refractivity contribution in [3.8, 4) is 5.75 Å². The fourth-order valence-corrected chi connectivity index (χ4v) is 1.55. The van der Waals surface area contributed by atoms with Gasteiger partial charge >= 0.3 is 5.97 Å². The lowest BCUT2D eigenvalue weighted by Crippen LogP contribution is -2.28. The molecule has 0 amide bonds. The minimum absolute atomic E-state index is 0.287. The number of aliphatic carboxylic acids is 1. The lowest BCUT2D eigenvalue weighted by atomic mass is 10.1. The van der Waals surface area contributed by atoms with Crippen molar-refractivity contribution in [2.75, 3.05) is 25.6 Å². The average Bonchev–Trinajstić information content (AvgIpc) is 2.28. The molecule has 1 unspecified atom stereocenters. The first-order valence-corrected chi connectivity index (χ1v) is 5.23. The molecule has 0 fully saturated rings. The molecule has 0 heterocycles. The van der Waals surface area contributed by atoms with E-state index in [1.54, 1.807) is 18.9 Å². The van der Waals surface area contributed by atoms with Crippen LogP contribution in [0.15, 0.2) is 18.2 Å². The SMILES string of the molecule is COc1ccc(F)cc1N(C)CC(C)C(=O)O. The number of benzene rings is 1. The highest BCUT2D eigenvalue weighted by molar-refractivity contribution is 5.71. The summed E-state index contributed by atoms with van der Waals surface area (Å²) in [5.41, 5.74) is 0.542.